The average molecular weight is 351 g/mol. The molecule has 0 aliphatic heterocycles. The Kier molecular flexibility index (Phi) is 15.0. The zero-order valence-electron chi connectivity index (χ0n) is 13.2. The third-order valence-electron chi connectivity index (χ3n) is 3.26. The molecule has 0 spiro atoms. The van der Waals surface area contributed by atoms with E-state index < -0.39 is 6.16 Å². The van der Waals surface area contributed by atoms with Crippen molar-refractivity contribution < 1.29 is 14.3 Å². The Bertz CT molecular complexity index is 222. The van der Waals surface area contributed by atoms with E-state index in [2.05, 4.69) is 22.9 Å². The molecular weight excluding hydrogens is 320 g/mol. The Morgan fingerprint density at radius 1 is 1.00 bits per heavy atom. The van der Waals surface area contributed by atoms with E-state index in [1.54, 1.807) is 0 Å². The second-order valence-corrected chi connectivity index (χ2v) is 6.13. The lowest BCUT2D eigenvalue weighted by atomic mass is 10.1. The molecule has 0 fully saturated rings. The van der Waals surface area contributed by atoms with Gasteiger partial charge in [0.15, 0.2) is 0 Å². The number of hydrogen-bond donors (Lipinski definition) is 0. The highest BCUT2D eigenvalue weighted by molar-refractivity contribution is 9.09. The summed E-state index contributed by atoms with van der Waals surface area (Å²) in [6, 6.07) is 0. The molecule has 20 heavy (non-hydrogen) atoms. The van der Waals surface area contributed by atoms with Crippen molar-refractivity contribution in [1.82, 2.24) is 0 Å². The zero-order chi connectivity index (χ0) is 15.1. The summed E-state index contributed by atoms with van der Waals surface area (Å²) in [4.78, 5) is 11.4. The third-order valence-corrected chi connectivity index (χ3v) is 3.82. The summed E-state index contributed by atoms with van der Waals surface area (Å²) < 4.78 is 10.3. The fraction of sp³-hybridized carbons (Fsp3) is 0.938. The number of halogens is 1. The molecule has 0 aromatic carbocycles. The summed E-state index contributed by atoms with van der Waals surface area (Å²) >= 11 is 3.37. The molecule has 120 valence electrons. The van der Waals surface area contributed by atoms with Gasteiger partial charge in [-0.1, -0.05) is 55.0 Å². The number of unbranched alkanes of at least 4 members (excludes halogenated alkanes) is 7. The minimum atomic E-state index is -0.512. The van der Waals surface area contributed by atoms with Gasteiger partial charge in [0.1, 0.15) is 6.10 Å². The predicted molar refractivity (Wildman–Crippen MR) is 87.5 cm³/mol. The summed E-state index contributed by atoms with van der Waals surface area (Å²) in [5.74, 6) is 0. The van der Waals surface area contributed by atoms with Gasteiger partial charge in [-0.15, -0.1) is 0 Å². The van der Waals surface area contributed by atoms with Gasteiger partial charge < -0.3 is 9.47 Å². The molecule has 3 nitrogen and oxygen atoms in total. The molecule has 0 heterocycles. The van der Waals surface area contributed by atoms with Crippen molar-refractivity contribution in [2.75, 3.05) is 11.9 Å². The van der Waals surface area contributed by atoms with Crippen LogP contribution in [0.4, 0.5) is 4.79 Å². The molecule has 0 rings (SSSR count). The van der Waals surface area contributed by atoms with Crippen LogP contribution in [0.25, 0.3) is 0 Å². The summed E-state index contributed by atoms with van der Waals surface area (Å²) in [7, 11) is 0. The Balaban J connectivity index is 3.36. The highest BCUT2D eigenvalue weighted by Crippen LogP contribution is 2.10. The maximum absolute atomic E-state index is 11.4. The quantitative estimate of drug-likeness (QED) is 0.237. The van der Waals surface area contributed by atoms with Gasteiger partial charge in [0.05, 0.1) is 6.61 Å². The first-order valence-corrected chi connectivity index (χ1v) is 9.22. The first-order valence-electron chi connectivity index (χ1n) is 8.10. The molecule has 0 aliphatic rings. The van der Waals surface area contributed by atoms with E-state index in [0.29, 0.717) is 6.61 Å². The van der Waals surface area contributed by atoms with Crippen LogP contribution in [0.1, 0.15) is 78.1 Å². The third kappa shape index (κ3) is 14.2. The van der Waals surface area contributed by atoms with Gasteiger partial charge in [-0.2, -0.15) is 0 Å². The number of carbonyl (C=O) groups is 1. The molecule has 1 atom stereocenters. The molecule has 1 unspecified atom stereocenters. The number of carbonyl (C=O) groups excluding carboxylic acids is 1. The Labute approximate surface area is 132 Å². The monoisotopic (exact) mass is 350 g/mol. The summed E-state index contributed by atoms with van der Waals surface area (Å²) in [6.45, 7) is 4.63. The molecule has 0 amide bonds. The Morgan fingerprint density at radius 3 is 2.35 bits per heavy atom. The van der Waals surface area contributed by atoms with E-state index in [4.69, 9.17) is 9.47 Å². The van der Waals surface area contributed by atoms with E-state index in [9.17, 15) is 4.79 Å². The van der Waals surface area contributed by atoms with Crippen LogP contribution in [0.2, 0.25) is 0 Å². The maximum Gasteiger partial charge on any atom is 0.508 e. The van der Waals surface area contributed by atoms with Crippen molar-refractivity contribution >= 4 is 22.1 Å². The number of rotatable bonds is 13. The van der Waals surface area contributed by atoms with Gasteiger partial charge in [0.25, 0.3) is 0 Å². The van der Waals surface area contributed by atoms with Gasteiger partial charge in [-0.3, -0.25) is 0 Å². The fourth-order valence-electron chi connectivity index (χ4n) is 2.00. The maximum atomic E-state index is 11.4. The molecule has 0 aromatic heterocycles. The van der Waals surface area contributed by atoms with Gasteiger partial charge in [0, 0.05) is 5.33 Å². The first-order chi connectivity index (χ1) is 9.70. The summed E-state index contributed by atoms with van der Waals surface area (Å²) in [6.07, 6.45) is 11.1. The first kappa shape index (κ1) is 19.8. The van der Waals surface area contributed by atoms with E-state index in [0.717, 1.165) is 37.4 Å². The highest BCUT2D eigenvalue weighted by atomic mass is 79.9. The minimum absolute atomic E-state index is 0.0313. The number of ether oxygens (including phenoxy) is 2. The molecule has 0 bridgehead atoms. The highest BCUT2D eigenvalue weighted by Gasteiger charge is 2.10. The number of hydrogen-bond acceptors (Lipinski definition) is 3. The van der Waals surface area contributed by atoms with Crippen LogP contribution in [0, 0.1) is 0 Å². The largest absolute Gasteiger partial charge is 0.508 e. The van der Waals surface area contributed by atoms with Crippen LogP contribution in [0.3, 0.4) is 0 Å². The molecule has 0 aliphatic carbocycles. The average Bonchev–Trinajstić information content (AvgIpc) is 2.42. The lowest BCUT2D eigenvalue weighted by molar-refractivity contribution is 0.0252. The van der Waals surface area contributed by atoms with Crippen LogP contribution in [0.15, 0.2) is 0 Å². The Morgan fingerprint density at radius 2 is 1.65 bits per heavy atom. The topological polar surface area (TPSA) is 35.5 Å². The number of alkyl halides is 1. The van der Waals surface area contributed by atoms with Gasteiger partial charge in [-0.25, -0.2) is 4.79 Å². The fourth-order valence-corrected chi connectivity index (χ4v) is 2.39. The normalized spacial score (nSPS) is 12.2. The van der Waals surface area contributed by atoms with Gasteiger partial charge >= 0.3 is 6.16 Å². The van der Waals surface area contributed by atoms with Crippen LogP contribution >= 0.6 is 15.9 Å². The molecule has 0 saturated heterocycles. The molecule has 0 N–H and O–H groups in total. The molecule has 0 aromatic rings. The van der Waals surface area contributed by atoms with Gasteiger partial charge in [-0.05, 0) is 39.0 Å². The second-order valence-electron chi connectivity index (χ2n) is 5.33. The van der Waals surface area contributed by atoms with Gasteiger partial charge in [0.2, 0.25) is 0 Å². The van der Waals surface area contributed by atoms with Crippen LogP contribution in [-0.2, 0) is 9.47 Å². The van der Waals surface area contributed by atoms with E-state index in [-0.39, 0.29) is 6.10 Å². The smallest absolute Gasteiger partial charge is 0.434 e. The van der Waals surface area contributed by atoms with Crippen LogP contribution in [-0.4, -0.2) is 24.2 Å². The van der Waals surface area contributed by atoms with Crippen molar-refractivity contribution in [2.45, 2.75) is 84.2 Å². The van der Waals surface area contributed by atoms with Crippen LogP contribution < -0.4 is 0 Å². The summed E-state index contributed by atoms with van der Waals surface area (Å²) in [5.41, 5.74) is 0. The van der Waals surface area contributed by atoms with Crippen molar-refractivity contribution in [2.24, 2.45) is 0 Å². The molecule has 4 heteroatoms. The standard InChI is InChI=1S/C16H31BrO3/c1-3-4-5-6-7-9-12-15(2)20-16(18)19-14-11-8-10-13-17/h15H,3-14H2,1-2H3. The van der Waals surface area contributed by atoms with E-state index in [1.807, 2.05) is 6.92 Å². The molecular formula is C16H31BrO3. The van der Waals surface area contributed by atoms with Crippen molar-refractivity contribution in [1.29, 1.82) is 0 Å². The van der Waals surface area contributed by atoms with E-state index in [1.165, 1.54) is 32.1 Å². The minimum Gasteiger partial charge on any atom is -0.434 e. The second kappa shape index (κ2) is 15.1. The zero-order valence-corrected chi connectivity index (χ0v) is 14.8. The van der Waals surface area contributed by atoms with Crippen molar-refractivity contribution in [3.8, 4) is 0 Å². The predicted octanol–water partition coefficient (Wildman–Crippen LogP) is 5.84. The van der Waals surface area contributed by atoms with Crippen molar-refractivity contribution in [3.63, 3.8) is 0 Å². The lowest BCUT2D eigenvalue weighted by Gasteiger charge is -2.13. The SMILES string of the molecule is CCCCCCCCC(C)OC(=O)OCCCCCBr. The molecule has 0 saturated carbocycles. The molecule has 0 radical (unpaired) electrons. The Hall–Kier alpha value is -0.250. The van der Waals surface area contributed by atoms with Crippen molar-refractivity contribution in [3.05, 3.63) is 0 Å². The van der Waals surface area contributed by atoms with Crippen LogP contribution in [0.5, 0.6) is 0 Å². The lowest BCUT2D eigenvalue weighted by Crippen LogP contribution is -2.16. The summed E-state index contributed by atoms with van der Waals surface area (Å²) in [5, 5.41) is 1.01. The van der Waals surface area contributed by atoms with E-state index >= 15 is 0 Å².